The van der Waals surface area contributed by atoms with Crippen LogP contribution in [0, 0.1) is 6.92 Å². The summed E-state index contributed by atoms with van der Waals surface area (Å²) in [5.74, 6) is 0.567. The third kappa shape index (κ3) is 4.52. The van der Waals surface area contributed by atoms with E-state index >= 15 is 0 Å². The Morgan fingerprint density at radius 1 is 1.09 bits per heavy atom. The average molecular weight is 329 g/mol. The van der Waals surface area contributed by atoms with Crippen molar-refractivity contribution in [2.24, 2.45) is 0 Å². The molecule has 2 N–H and O–H groups in total. The van der Waals surface area contributed by atoms with Gasteiger partial charge in [-0.05, 0) is 55.2 Å². The number of thioether (sulfide) groups is 1. The van der Waals surface area contributed by atoms with Crippen LogP contribution < -0.4 is 5.32 Å². The van der Waals surface area contributed by atoms with E-state index in [1.54, 1.807) is 12.1 Å². The van der Waals surface area contributed by atoms with E-state index in [1.165, 1.54) is 11.8 Å². The summed E-state index contributed by atoms with van der Waals surface area (Å²) in [5.41, 5.74) is 3.15. The fourth-order valence-corrected chi connectivity index (χ4v) is 3.22. The van der Waals surface area contributed by atoms with E-state index in [0.29, 0.717) is 5.92 Å². The van der Waals surface area contributed by atoms with E-state index in [9.17, 15) is 9.90 Å². The maximum absolute atomic E-state index is 12.5. The lowest BCUT2D eigenvalue weighted by atomic mass is 9.98. The molecule has 0 aliphatic rings. The first-order valence-corrected chi connectivity index (χ1v) is 8.62. The summed E-state index contributed by atoms with van der Waals surface area (Å²) in [5, 5.41) is 12.2. The van der Waals surface area contributed by atoms with Crippen LogP contribution in [0.3, 0.4) is 0 Å². The second-order valence-corrected chi connectivity index (χ2v) is 7.35. The molecular weight excluding hydrogens is 306 g/mol. The number of para-hydroxylation sites is 1. The molecule has 2 aromatic rings. The van der Waals surface area contributed by atoms with Crippen molar-refractivity contribution in [1.29, 1.82) is 0 Å². The van der Waals surface area contributed by atoms with E-state index in [2.05, 4.69) is 25.2 Å². The van der Waals surface area contributed by atoms with Crippen LogP contribution in [0.5, 0.6) is 5.75 Å². The van der Waals surface area contributed by atoms with Crippen LogP contribution >= 0.6 is 11.8 Å². The predicted octanol–water partition coefficient (Wildman–Crippen LogP) is 4.94. The Morgan fingerprint density at radius 2 is 1.74 bits per heavy atom. The molecule has 2 rings (SSSR count). The number of carbonyl (C=O) groups is 1. The molecule has 1 atom stereocenters. The molecule has 0 aliphatic heterocycles. The number of amides is 1. The summed E-state index contributed by atoms with van der Waals surface area (Å²) in [7, 11) is 0. The lowest BCUT2D eigenvalue weighted by Crippen LogP contribution is -2.23. The van der Waals surface area contributed by atoms with E-state index in [-0.39, 0.29) is 16.9 Å². The van der Waals surface area contributed by atoms with Gasteiger partial charge >= 0.3 is 0 Å². The average Bonchev–Trinajstić information content (AvgIpc) is 2.51. The number of aromatic hydroxyl groups is 1. The van der Waals surface area contributed by atoms with Crippen molar-refractivity contribution in [2.75, 3.05) is 5.32 Å². The third-order valence-corrected chi connectivity index (χ3v) is 4.81. The maximum Gasteiger partial charge on any atom is 0.237 e. The van der Waals surface area contributed by atoms with Gasteiger partial charge in [-0.15, -0.1) is 11.8 Å². The Balaban J connectivity index is 2.11. The van der Waals surface area contributed by atoms with Gasteiger partial charge in [0.1, 0.15) is 5.75 Å². The molecule has 2 aromatic carbocycles. The first-order chi connectivity index (χ1) is 10.9. The summed E-state index contributed by atoms with van der Waals surface area (Å²) in [4.78, 5) is 13.5. The minimum atomic E-state index is -0.223. The Labute approximate surface area is 142 Å². The van der Waals surface area contributed by atoms with Crippen molar-refractivity contribution in [2.45, 2.75) is 43.8 Å². The van der Waals surface area contributed by atoms with Gasteiger partial charge in [0.05, 0.1) is 5.25 Å². The molecular formula is C19H23NO2S. The van der Waals surface area contributed by atoms with Gasteiger partial charge in [-0.2, -0.15) is 0 Å². The van der Waals surface area contributed by atoms with Crippen molar-refractivity contribution < 1.29 is 9.90 Å². The number of benzene rings is 2. The molecule has 0 spiro atoms. The number of hydrogen-bond acceptors (Lipinski definition) is 3. The second-order valence-electron chi connectivity index (χ2n) is 5.94. The fourth-order valence-electron chi connectivity index (χ4n) is 2.35. The van der Waals surface area contributed by atoms with E-state index in [1.807, 2.05) is 38.1 Å². The van der Waals surface area contributed by atoms with Crippen LogP contribution in [-0.2, 0) is 4.79 Å². The van der Waals surface area contributed by atoms with Gasteiger partial charge in [0.15, 0.2) is 0 Å². The van der Waals surface area contributed by atoms with Gasteiger partial charge in [-0.3, -0.25) is 4.79 Å². The first-order valence-electron chi connectivity index (χ1n) is 7.74. The topological polar surface area (TPSA) is 49.3 Å². The molecule has 0 radical (unpaired) electrons. The third-order valence-electron chi connectivity index (χ3n) is 3.69. The summed E-state index contributed by atoms with van der Waals surface area (Å²) >= 11 is 1.48. The number of hydrogen-bond donors (Lipinski definition) is 2. The van der Waals surface area contributed by atoms with Crippen molar-refractivity contribution in [3.63, 3.8) is 0 Å². The standard InChI is InChI=1S/C19H23NO2S/c1-12(2)17-7-5-6-13(3)18(17)20-19(22)14(4)23-16-10-8-15(21)9-11-16/h5-12,14,21H,1-4H3,(H,20,22). The van der Waals surface area contributed by atoms with Crippen LogP contribution in [0.1, 0.15) is 37.8 Å². The quantitative estimate of drug-likeness (QED) is 0.764. The molecule has 3 nitrogen and oxygen atoms in total. The number of carbonyl (C=O) groups excluding carboxylic acids is 1. The van der Waals surface area contributed by atoms with E-state index in [4.69, 9.17) is 0 Å². The molecule has 23 heavy (non-hydrogen) atoms. The van der Waals surface area contributed by atoms with Gasteiger partial charge in [0, 0.05) is 10.6 Å². The Kier molecular flexibility index (Phi) is 5.72. The van der Waals surface area contributed by atoms with Gasteiger partial charge in [-0.25, -0.2) is 0 Å². The highest BCUT2D eigenvalue weighted by Crippen LogP contribution is 2.30. The molecule has 1 unspecified atom stereocenters. The minimum absolute atomic E-state index is 0.0146. The van der Waals surface area contributed by atoms with Gasteiger partial charge in [-0.1, -0.05) is 32.0 Å². The number of phenols is 1. The molecule has 4 heteroatoms. The highest BCUT2D eigenvalue weighted by molar-refractivity contribution is 8.00. The maximum atomic E-state index is 12.5. The predicted molar refractivity (Wildman–Crippen MR) is 97.3 cm³/mol. The zero-order valence-corrected chi connectivity index (χ0v) is 14.8. The molecule has 0 bridgehead atoms. The van der Waals surface area contributed by atoms with E-state index < -0.39 is 0 Å². The lowest BCUT2D eigenvalue weighted by molar-refractivity contribution is -0.115. The number of rotatable bonds is 5. The number of anilines is 1. The Hall–Kier alpha value is -1.94. The van der Waals surface area contributed by atoms with Gasteiger partial charge < -0.3 is 10.4 Å². The van der Waals surface area contributed by atoms with Crippen LogP contribution in [0.4, 0.5) is 5.69 Å². The Morgan fingerprint density at radius 3 is 2.35 bits per heavy atom. The lowest BCUT2D eigenvalue weighted by Gasteiger charge is -2.18. The molecule has 0 saturated carbocycles. The highest BCUT2D eigenvalue weighted by Gasteiger charge is 2.18. The summed E-state index contributed by atoms with van der Waals surface area (Å²) in [6, 6.07) is 13.0. The smallest absolute Gasteiger partial charge is 0.237 e. The first kappa shape index (κ1) is 17.4. The van der Waals surface area contributed by atoms with Crippen molar-refractivity contribution in [3.8, 4) is 5.75 Å². The fraction of sp³-hybridized carbons (Fsp3) is 0.316. The van der Waals surface area contributed by atoms with Crippen LogP contribution in [0.2, 0.25) is 0 Å². The summed E-state index contributed by atoms with van der Waals surface area (Å²) in [6.07, 6.45) is 0. The normalized spacial score (nSPS) is 12.2. The molecule has 0 aliphatic carbocycles. The van der Waals surface area contributed by atoms with Crippen LogP contribution in [0.25, 0.3) is 0 Å². The van der Waals surface area contributed by atoms with Crippen molar-refractivity contribution in [3.05, 3.63) is 53.6 Å². The molecule has 1 amide bonds. The monoisotopic (exact) mass is 329 g/mol. The zero-order chi connectivity index (χ0) is 17.0. The van der Waals surface area contributed by atoms with Gasteiger partial charge in [0.25, 0.3) is 0 Å². The number of nitrogens with one attached hydrogen (secondary N) is 1. The largest absolute Gasteiger partial charge is 0.508 e. The van der Waals surface area contributed by atoms with Gasteiger partial charge in [0.2, 0.25) is 5.91 Å². The van der Waals surface area contributed by atoms with E-state index in [0.717, 1.165) is 21.7 Å². The van der Waals surface area contributed by atoms with Crippen molar-refractivity contribution in [1.82, 2.24) is 0 Å². The summed E-state index contributed by atoms with van der Waals surface area (Å²) in [6.45, 7) is 8.15. The zero-order valence-electron chi connectivity index (χ0n) is 14.0. The minimum Gasteiger partial charge on any atom is -0.508 e. The summed E-state index contributed by atoms with van der Waals surface area (Å²) < 4.78 is 0. The Bertz CT molecular complexity index is 680. The van der Waals surface area contributed by atoms with Crippen molar-refractivity contribution >= 4 is 23.4 Å². The molecule has 0 fully saturated rings. The molecule has 0 saturated heterocycles. The molecule has 0 heterocycles. The number of aryl methyl sites for hydroxylation is 1. The SMILES string of the molecule is Cc1cccc(C(C)C)c1NC(=O)C(C)Sc1ccc(O)cc1. The van der Waals surface area contributed by atoms with Crippen LogP contribution in [-0.4, -0.2) is 16.3 Å². The highest BCUT2D eigenvalue weighted by atomic mass is 32.2. The number of phenolic OH excluding ortho intramolecular Hbond substituents is 1. The molecule has 0 aromatic heterocycles. The van der Waals surface area contributed by atoms with Crippen LogP contribution in [0.15, 0.2) is 47.4 Å². The second kappa shape index (κ2) is 7.55. The molecule has 122 valence electrons.